The van der Waals surface area contributed by atoms with Gasteiger partial charge in [0.1, 0.15) is 19.1 Å². The van der Waals surface area contributed by atoms with Crippen molar-refractivity contribution in [2.45, 2.75) is 32.2 Å². The van der Waals surface area contributed by atoms with Gasteiger partial charge >= 0.3 is 0 Å². The van der Waals surface area contributed by atoms with Gasteiger partial charge in [-0.15, -0.1) is 0 Å². The van der Waals surface area contributed by atoms with E-state index in [0.29, 0.717) is 12.2 Å². The molecular weight excluding hydrogens is 334 g/mol. The predicted molar refractivity (Wildman–Crippen MR) is 95.7 cm³/mol. The number of morpholine rings is 1. The fourth-order valence-corrected chi connectivity index (χ4v) is 3.08. The number of benzene rings is 1. The van der Waals surface area contributed by atoms with E-state index in [-0.39, 0.29) is 12.3 Å². The molecule has 0 aliphatic carbocycles. The highest BCUT2D eigenvalue weighted by atomic mass is 16.5. The van der Waals surface area contributed by atoms with Crippen LogP contribution in [0.5, 0.6) is 0 Å². The molecule has 0 spiro atoms. The molecule has 26 heavy (non-hydrogen) atoms. The minimum atomic E-state index is -1.19. The molecule has 1 fully saturated rings. The molecule has 7 nitrogen and oxygen atoms in total. The van der Waals surface area contributed by atoms with Crippen molar-refractivity contribution >= 4 is 17.6 Å². The summed E-state index contributed by atoms with van der Waals surface area (Å²) in [6, 6.07) is 6.71. The van der Waals surface area contributed by atoms with Crippen LogP contribution < -0.4 is 20.6 Å². The standard InChI is InChI=1S/C19H29N3O4/c1-2-15-4-6-16(7-5-15)21-18(23)14-17(19(24)25)20-8-3-9-22-10-12-26-13-11-22/h4-7,17,20H,2-3,8-14H2,1H3,(H,21,23)(H,24,25)/p+1/t17-/m1/s1. The third-order valence-electron chi connectivity index (χ3n) is 4.74. The highest BCUT2D eigenvalue weighted by Gasteiger charge is 2.19. The number of hydrogen-bond acceptors (Lipinski definition) is 4. The molecule has 0 aromatic heterocycles. The van der Waals surface area contributed by atoms with Crippen LogP contribution in [-0.2, 0) is 20.7 Å². The van der Waals surface area contributed by atoms with Crippen LogP contribution in [0.25, 0.3) is 0 Å². The summed E-state index contributed by atoms with van der Waals surface area (Å²) in [5.74, 6) is -1.50. The average molecular weight is 364 g/mol. The maximum atomic E-state index is 12.1. The van der Waals surface area contributed by atoms with Gasteiger partial charge in [0.2, 0.25) is 5.91 Å². The predicted octanol–water partition coefficient (Wildman–Crippen LogP) is -2.44. The van der Waals surface area contributed by atoms with Crippen molar-refractivity contribution in [2.75, 3.05) is 44.7 Å². The van der Waals surface area contributed by atoms with E-state index in [1.54, 1.807) is 5.32 Å². The van der Waals surface area contributed by atoms with Gasteiger partial charge in [0.15, 0.2) is 0 Å². The number of quaternary nitrogens is 2. The van der Waals surface area contributed by atoms with E-state index >= 15 is 0 Å². The SMILES string of the molecule is CCc1ccc(NC(=O)C[C@@H]([NH2+]CCC[NH+]2CCOCC2)C(=O)[O-])cc1. The maximum Gasteiger partial charge on any atom is 0.230 e. The largest absolute Gasteiger partial charge is 0.544 e. The number of aryl methyl sites for hydroxylation is 1. The van der Waals surface area contributed by atoms with Crippen molar-refractivity contribution in [3.05, 3.63) is 29.8 Å². The number of anilines is 1. The molecule has 2 rings (SSSR count). The number of hydrogen-bond donors (Lipinski definition) is 3. The van der Waals surface area contributed by atoms with E-state index in [0.717, 1.165) is 45.7 Å². The molecule has 144 valence electrons. The first-order valence-corrected chi connectivity index (χ1v) is 9.42. The normalized spacial score (nSPS) is 16.2. The Morgan fingerprint density at radius 3 is 2.58 bits per heavy atom. The Kier molecular flexibility index (Phi) is 8.53. The summed E-state index contributed by atoms with van der Waals surface area (Å²) in [4.78, 5) is 24.9. The molecule has 1 saturated heterocycles. The Morgan fingerprint density at radius 1 is 1.27 bits per heavy atom. The van der Waals surface area contributed by atoms with Crippen molar-refractivity contribution in [3.8, 4) is 0 Å². The lowest BCUT2D eigenvalue weighted by Crippen LogP contribution is -3.14. The molecule has 1 aliphatic rings. The van der Waals surface area contributed by atoms with Gasteiger partial charge in [-0.3, -0.25) is 4.79 Å². The summed E-state index contributed by atoms with van der Waals surface area (Å²) < 4.78 is 5.32. The van der Waals surface area contributed by atoms with Gasteiger partial charge in [-0.2, -0.15) is 0 Å². The van der Waals surface area contributed by atoms with E-state index in [4.69, 9.17) is 4.74 Å². The molecule has 0 unspecified atom stereocenters. The first kappa shape index (κ1) is 20.4. The molecule has 1 aliphatic heterocycles. The number of carboxylic acid groups (broad SMARTS) is 1. The van der Waals surface area contributed by atoms with E-state index < -0.39 is 12.0 Å². The van der Waals surface area contributed by atoms with Gasteiger partial charge in [-0.25, -0.2) is 0 Å². The number of carbonyl (C=O) groups is 2. The van der Waals surface area contributed by atoms with E-state index in [2.05, 4.69) is 12.2 Å². The number of amides is 1. The van der Waals surface area contributed by atoms with Gasteiger partial charge < -0.3 is 30.2 Å². The number of nitrogens with two attached hydrogens (primary N) is 1. The van der Waals surface area contributed by atoms with Crippen molar-refractivity contribution in [3.63, 3.8) is 0 Å². The minimum absolute atomic E-state index is 0.0950. The lowest BCUT2D eigenvalue weighted by molar-refractivity contribution is -0.909. The lowest BCUT2D eigenvalue weighted by atomic mass is 10.1. The van der Waals surface area contributed by atoms with E-state index in [1.807, 2.05) is 24.3 Å². The summed E-state index contributed by atoms with van der Waals surface area (Å²) in [5, 5.41) is 15.8. The number of nitrogens with one attached hydrogen (secondary N) is 2. The Morgan fingerprint density at radius 2 is 1.96 bits per heavy atom. The molecule has 1 atom stereocenters. The minimum Gasteiger partial charge on any atom is -0.544 e. The average Bonchev–Trinajstić information content (AvgIpc) is 2.65. The molecule has 0 saturated carbocycles. The summed E-state index contributed by atoms with van der Waals surface area (Å²) in [6.45, 7) is 7.32. The summed E-state index contributed by atoms with van der Waals surface area (Å²) in [7, 11) is 0. The highest BCUT2D eigenvalue weighted by Crippen LogP contribution is 2.10. The summed E-state index contributed by atoms with van der Waals surface area (Å²) in [6.07, 6.45) is 1.74. The Hall–Kier alpha value is -1.96. The third kappa shape index (κ3) is 7.11. The molecule has 1 aromatic rings. The topological polar surface area (TPSA) is 99.5 Å². The van der Waals surface area contributed by atoms with Crippen LogP contribution in [0.1, 0.15) is 25.3 Å². The number of carboxylic acids is 1. The molecule has 1 heterocycles. The Balaban J connectivity index is 1.71. The highest BCUT2D eigenvalue weighted by molar-refractivity contribution is 5.93. The van der Waals surface area contributed by atoms with Crippen LogP contribution in [-0.4, -0.2) is 57.3 Å². The van der Waals surface area contributed by atoms with E-state index in [9.17, 15) is 14.7 Å². The van der Waals surface area contributed by atoms with Gasteiger partial charge in [-0.05, 0) is 24.1 Å². The van der Waals surface area contributed by atoms with Crippen molar-refractivity contribution < 1.29 is 29.6 Å². The monoisotopic (exact) mass is 364 g/mol. The number of carbonyl (C=O) groups excluding carboxylic acids is 2. The van der Waals surface area contributed by atoms with Crippen LogP contribution in [0.4, 0.5) is 5.69 Å². The molecule has 4 N–H and O–H groups in total. The Labute approximate surface area is 154 Å². The fraction of sp³-hybridized carbons (Fsp3) is 0.579. The quantitative estimate of drug-likeness (QED) is 0.402. The van der Waals surface area contributed by atoms with Crippen molar-refractivity contribution in [1.82, 2.24) is 0 Å². The maximum absolute atomic E-state index is 12.1. The summed E-state index contributed by atoms with van der Waals surface area (Å²) in [5.41, 5.74) is 1.87. The Bertz CT molecular complexity index is 571. The molecule has 1 aromatic carbocycles. The smallest absolute Gasteiger partial charge is 0.230 e. The summed E-state index contributed by atoms with van der Waals surface area (Å²) >= 11 is 0. The van der Waals surface area contributed by atoms with Crippen LogP contribution in [0.15, 0.2) is 24.3 Å². The second-order valence-electron chi connectivity index (χ2n) is 6.72. The third-order valence-corrected chi connectivity index (χ3v) is 4.74. The first-order valence-electron chi connectivity index (χ1n) is 9.42. The first-order chi connectivity index (χ1) is 12.6. The van der Waals surface area contributed by atoms with Crippen LogP contribution in [0.2, 0.25) is 0 Å². The van der Waals surface area contributed by atoms with E-state index in [1.165, 1.54) is 10.5 Å². The molecular formula is C19H30N3O4+. The lowest BCUT2D eigenvalue weighted by Gasteiger charge is -2.23. The zero-order valence-corrected chi connectivity index (χ0v) is 15.5. The number of rotatable bonds is 10. The van der Waals surface area contributed by atoms with Gasteiger partial charge in [0.05, 0.1) is 38.7 Å². The zero-order valence-electron chi connectivity index (χ0n) is 15.5. The van der Waals surface area contributed by atoms with Crippen LogP contribution >= 0.6 is 0 Å². The molecule has 0 bridgehead atoms. The van der Waals surface area contributed by atoms with Gasteiger partial charge in [0, 0.05) is 12.1 Å². The van der Waals surface area contributed by atoms with Crippen molar-refractivity contribution in [1.29, 1.82) is 0 Å². The second-order valence-corrected chi connectivity index (χ2v) is 6.72. The van der Waals surface area contributed by atoms with Gasteiger partial charge in [-0.1, -0.05) is 19.1 Å². The van der Waals surface area contributed by atoms with Gasteiger partial charge in [0.25, 0.3) is 0 Å². The molecule has 7 heteroatoms. The number of ether oxygens (including phenoxy) is 1. The zero-order chi connectivity index (χ0) is 18.8. The molecule has 0 radical (unpaired) electrons. The molecule has 1 amide bonds. The second kappa shape index (κ2) is 10.9. The number of aliphatic carboxylic acids is 1. The van der Waals surface area contributed by atoms with Crippen LogP contribution in [0.3, 0.4) is 0 Å². The van der Waals surface area contributed by atoms with Crippen molar-refractivity contribution in [2.24, 2.45) is 0 Å². The van der Waals surface area contributed by atoms with Crippen LogP contribution in [0, 0.1) is 0 Å². The fourth-order valence-electron chi connectivity index (χ4n) is 3.08.